The highest BCUT2D eigenvalue weighted by molar-refractivity contribution is 6.36. The number of carbonyl (C=O) groups is 1. The maximum absolute atomic E-state index is 11.7. The average Bonchev–Trinajstić information content (AvgIpc) is 3.37. The summed E-state index contributed by atoms with van der Waals surface area (Å²) in [5.74, 6) is 0.00235. The molecule has 0 saturated heterocycles. The fraction of sp³-hybridized carbons (Fsp3) is 0.125. The van der Waals surface area contributed by atoms with Gasteiger partial charge in [0, 0.05) is 35.4 Å². The number of ether oxygens (including phenoxy) is 1. The van der Waals surface area contributed by atoms with Gasteiger partial charge in [0.2, 0.25) is 0 Å². The smallest absolute Gasteiger partial charge is 0.337 e. The van der Waals surface area contributed by atoms with Gasteiger partial charge in [-0.25, -0.2) is 9.78 Å². The zero-order valence-corrected chi connectivity index (χ0v) is 23.2. The Labute approximate surface area is 242 Å². The van der Waals surface area contributed by atoms with Gasteiger partial charge in [0.1, 0.15) is 17.2 Å². The standard InChI is InChI=1S/C32H27Cl2N3O3/c1-2-37-20-29(25-10-8-23(33)18-27(25)34)36-30(37)14-17-32(40-24-9-11-28(35)26(19-24)31(38)39)15-12-22(13-16-32)21-6-4-3-5-7-21/h3-15,17-20H,2,16,35H2,1H3,(H,38,39). The van der Waals surface area contributed by atoms with Crippen LogP contribution < -0.4 is 10.5 Å². The molecule has 0 amide bonds. The molecule has 0 spiro atoms. The van der Waals surface area contributed by atoms with Gasteiger partial charge in [-0.05, 0) is 72.7 Å². The Kier molecular flexibility index (Phi) is 7.83. The first kappa shape index (κ1) is 27.3. The molecule has 1 atom stereocenters. The lowest BCUT2D eigenvalue weighted by atomic mass is 9.88. The molecular weight excluding hydrogens is 545 g/mol. The predicted octanol–water partition coefficient (Wildman–Crippen LogP) is 8.03. The molecule has 3 aromatic carbocycles. The lowest BCUT2D eigenvalue weighted by Crippen LogP contribution is -2.32. The Morgan fingerprint density at radius 2 is 1.95 bits per heavy atom. The summed E-state index contributed by atoms with van der Waals surface area (Å²) in [6.45, 7) is 2.73. The van der Waals surface area contributed by atoms with Crippen molar-refractivity contribution in [2.45, 2.75) is 25.5 Å². The molecule has 4 aromatic rings. The second-order valence-electron chi connectivity index (χ2n) is 9.40. The molecule has 0 bridgehead atoms. The van der Waals surface area contributed by atoms with Crippen LogP contribution >= 0.6 is 23.2 Å². The van der Waals surface area contributed by atoms with Crippen LogP contribution in [0.2, 0.25) is 10.0 Å². The first-order valence-electron chi connectivity index (χ1n) is 12.8. The van der Waals surface area contributed by atoms with Gasteiger partial charge in [-0.1, -0.05) is 65.7 Å². The number of aryl methyl sites for hydroxylation is 1. The maximum atomic E-state index is 11.7. The van der Waals surface area contributed by atoms with Crippen LogP contribution in [0.15, 0.2) is 97.2 Å². The number of anilines is 1. The van der Waals surface area contributed by atoms with Crippen LogP contribution in [-0.2, 0) is 6.54 Å². The number of nitrogen functional groups attached to an aromatic ring is 1. The molecular formula is C32H27Cl2N3O3. The fourth-order valence-electron chi connectivity index (χ4n) is 4.58. The van der Waals surface area contributed by atoms with Gasteiger partial charge >= 0.3 is 5.97 Å². The number of hydrogen-bond donors (Lipinski definition) is 2. The number of imidazole rings is 1. The van der Waals surface area contributed by atoms with Crippen LogP contribution in [0.3, 0.4) is 0 Å². The molecule has 5 rings (SSSR count). The molecule has 8 heteroatoms. The van der Waals surface area contributed by atoms with Crippen molar-refractivity contribution >= 4 is 46.5 Å². The number of nitrogens with two attached hydrogens (primary N) is 1. The van der Waals surface area contributed by atoms with E-state index in [1.807, 2.05) is 66.3 Å². The van der Waals surface area contributed by atoms with Gasteiger partial charge in [0.15, 0.2) is 0 Å². The lowest BCUT2D eigenvalue weighted by molar-refractivity contribution is 0.0696. The van der Waals surface area contributed by atoms with Crippen molar-refractivity contribution in [3.8, 4) is 17.0 Å². The normalized spacial score (nSPS) is 16.7. The molecule has 3 N–H and O–H groups in total. The van der Waals surface area contributed by atoms with Gasteiger partial charge in [-0.3, -0.25) is 0 Å². The van der Waals surface area contributed by atoms with Crippen LogP contribution in [0.25, 0.3) is 22.9 Å². The van der Waals surface area contributed by atoms with Crippen LogP contribution in [0.1, 0.15) is 35.1 Å². The number of carboxylic acid groups (broad SMARTS) is 1. The second kappa shape index (κ2) is 11.5. The van der Waals surface area contributed by atoms with Crippen molar-refractivity contribution in [2.24, 2.45) is 0 Å². The predicted molar refractivity (Wildman–Crippen MR) is 162 cm³/mol. The van der Waals surface area contributed by atoms with Crippen molar-refractivity contribution in [1.29, 1.82) is 0 Å². The molecule has 1 aliphatic rings. The minimum Gasteiger partial charge on any atom is -0.479 e. The minimum absolute atomic E-state index is 0.0112. The highest BCUT2D eigenvalue weighted by Gasteiger charge is 2.29. The van der Waals surface area contributed by atoms with E-state index in [1.165, 1.54) is 6.07 Å². The zero-order chi connectivity index (χ0) is 28.3. The number of carboxylic acids is 1. The summed E-state index contributed by atoms with van der Waals surface area (Å²) in [4.78, 5) is 16.5. The van der Waals surface area contributed by atoms with Crippen LogP contribution in [0.5, 0.6) is 5.75 Å². The lowest BCUT2D eigenvalue weighted by Gasteiger charge is -2.31. The van der Waals surface area contributed by atoms with E-state index in [2.05, 4.69) is 18.2 Å². The number of halogens is 2. The Bertz CT molecular complexity index is 1660. The molecule has 0 aliphatic heterocycles. The quantitative estimate of drug-likeness (QED) is 0.209. The summed E-state index contributed by atoms with van der Waals surface area (Å²) in [7, 11) is 0. The fourth-order valence-corrected chi connectivity index (χ4v) is 5.08. The maximum Gasteiger partial charge on any atom is 0.337 e. The Balaban J connectivity index is 1.51. The summed E-state index contributed by atoms with van der Waals surface area (Å²) in [6, 6.07) is 20.1. The van der Waals surface area contributed by atoms with E-state index in [0.29, 0.717) is 28.8 Å². The van der Waals surface area contributed by atoms with Gasteiger partial charge in [-0.15, -0.1) is 0 Å². The monoisotopic (exact) mass is 571 g/mol. The summed E-state index contributed by atoms with van der Waals surface area (Å²) in [5.41, 5.74) is 8.83. The number of hydrogen-bond acceptors (Lipinski definition) is 4. The molecule has 6 nitrogen and oxygen atoms in total. The van der Waals surface area contributed by atoms with Gasteiger partial charge in [-0.2, -0.15) is 0 Å². The number of rotatable bonds is 8. The third-order valence-corrected chi connectivity index (χ3v) is 7.27. The second-order valence-corrected chi connectivity index (χ2v) is 10.2. The highest BCUT2D eigenvalue weighted by atomic mass is 35.5. The summed E-state index contributed by atoms with van der Waals surface area (Å²) < 4.78 is 8.50. The van der Waals surface area contributed by atoms with E-state index in [9.17, 15) is 9.90 Å². The largest absolute Gasteiger partial charge is 0.479 e. The van der Waals surface area contributed by atoms with Crippen molar-refractivity contribution in [3.05, 3.63) is 124 Å². The van der Waals surface area contributed by atoms with Gasteiger partial charge in [0.05, 0.1) is 16.3 Å². The summed E-state index contributed by atoms with van der Waals surface area (Å²) in [5, 5.41) is 10.6. The number of benzene rings is 3. The van der Waals surface area contributed by atoms with Gasteiger partial charge < -0.3 is 20.1 Å². The Morgan fingerprint density at radius 3 is 2.62 bits per heavy atom. The molecule has 1 unspecified atom stereocenters. The Hall–Kier alpha value is -4.26. The molecule has 1 aliphatic carbocycles. The van der Waals surface area contributed by atoms with E-state index in [1.54, 1.807) is 24.3 Å². The molecule has 202 valence electrons. The van der Waals surface area contributed by atoms with Gasteiger partial charge in [0.25, 0.3) is 0 Å². The van der Waals surface area contributed by atoms with Crippen LogP contribution in [-0.4, -0.2) is 26.2 Å². The van der Waals surface area contributed by atoms with Crippen LogP contribution in [0, 0.1) is 0 Å². The number of aromatic carboxylic acids is 1. The zero-order valence-electron chi connectivity index (χ0n) is 21.7. The first-order chi connectivity index (χ1) is 19.3. The van der Waals surface area contributed by atoms with Crippen molar-refractivity contribution in [3.63, 3.8) is 0 Å². The average molecular weight is 572 g/mol. The van der Waals surface area contributed by atoms with E-state index in [-0.39, 0.29) is 11.3 Å². The number of aromatic nitrogens is 2. The topological polar surface area (TPSA) is 90.4 Å². The molecule has 1 heterocycles. The molecule has 40 heavy (non-hydrogen) atoms. The highest BCUT2D eigenvalue weighted by Crippen LogP contribution is 2.35. The van der Waals surface area contributed by atoms with E-state index in [4.69, 9.17) is 38.7 Å². The third kappa shape index (κ3) is 5.83. The van der Waals surface area contributed by atoms with E-state index < -0.39 is 11.6 Å². The third-order valence-electron chi connectivity index (χ3n) is 6.73. The SMILES string of the molecule is CCn1cc(-c2ccc(Cl)cc2Cl)nc1C=CC1(Oc2ccc(N)c(C(=O)O)c2)C=CC(c2ccccc2)=CC1. The van der Waals surface area contributed by atoms with E-state index >= 15 is 0 Å². The first-order valence-corrected chi connectivity index (χ1v) is 13.5. The minimum atomic E-state index is -1.11. The summed E-state index contributed by atoms with van der Waals surface area (Å²) in [6.07, 6.45) is 12.4. The summed E-state index contributed by atoms with van der Waals surface area (Å²) >= 11 is 12.5. The Morgan fingerprint density at radius 1 is 1.15 bits per heavy atom. The number of allylic oxidation sites excluding steroid dienone is 2. The van der Waals surface area contributed by atoms with Crippen molar-refractivity contribution in [1.82, 2.24) is 9.55 Å². The van der Waals surface area contributed by atoms with E-state index in [0.717, 1.165) is 28.2 Å². The van der Waals surface area contributed by atoms with Crippen molar-refractivity contribution in [2.75, 3.05) is 5.73 Å². The molecule has 0 saturated carbocycles. The van der Waals surface area contributed by atoms with Crippen LogP contribution in [0.4, 0.5) is 5.69 Å². The molecule has 0 radical (unpaired) electrons. The van der Waals surface area contributed by atoms with Crippen molar-refractivity contribution < 1.29 is 14.6 Å². The number of nitrogens with zero attached hydrogens (tertiary/aromatic N) is 2. The molecule has 0 fully saturated rings. The molecule has 1 aromatic heterocycles.